The van der Waals surface area contributed by atoms with Crippen molar-refractivity contribution in [2.75, 3.05) is 19.3 Å². The molecule has 4 heteroatoms. The summed E-state index contributed by atoms with van der Waals surface area (Å²) in [6.45, 7) is 3.20. The van der Waals surface area contributed by atoms with Crippen molar-refractivity contribution in [3.63, 3.8) is 0 Å². The van der Waals surface area contributed by atoms with Crippen LogP contribution >= 0.6 is 0 Å². The van der Waals surface area contributed by atoms with Crippen LogP contribution in [0.3, 0.4) is 0 Å². The molecule has 3 rings (SSSR count). The second-order valence-corrected chi connectivity index (χ2v) is 8.34. The molecule has 1 heterocycles. The Kier molecular flexibility index (Phi) is 4.88. The van der Waals surface area contributed by atoms with E-state index in [1.165, 1.54) is 28.5 Å². The van der Waals surface area contributed by atoms with Crippen molar-refractivity contribution in [3.05, 3.63) is 76.9 Å². The van der Waals surface area contributed by atoms with Crippen LogP contribution in [0.5, 0.6) is 0 Å². The Hall–Kier alpha value is -1.91. The van der Waals surface area contributed by atoms with E-state index in [2.05, 4.69) is 31.2 Å². The summed E-state index contributed by atoms with van der Waals surface area (Å²) < 4.78 is 25.6. The maximum Gasteiger partial charge on any atom is 0.211 e. The van der Waals surface area contributed by atoms with Gasteiger partial charge < -0.3 is 0 Å². The highest BCUT2D eigenvalue weighted by atomic mass is 32.2. The molecule has 1 fully saturated rings. The van der Waals surface area contributed by atoms with Crippen molar-refractivity contribution < 1.29 is 8.42 Å². The van der Waals surface area contributed by atoms with Gasteiger partial charge in [-0.1, -0.05) is 54.6 Å². The van der Waals surface area contributed by atoms with Crippen LogP contribution in [0.4, 0.5) is 0 Å². The lowest BCUT2D eigenvalue weighted by Gasteiger charge is -2.29. The zero-order valence-corrected chi connectivity index (χ0v) is 15.0. The summed E-state index contributed by atoms with van der Waals surface area (Å²) in [5, 5.41) is 0. The van der Waals surface area contributed by atoms with Crippen LogP contribution < -0.4 is 0 Å². The molecule has 0 N–H and O–H groups in total. The first-order valence-electron chi connectivity index (χ1n) is 8.25. The van der Waals surface area contributed by atoms with Gasteiger partial charge in [0, 0.05) is 13.1 Å². The predicted octanol–water partition coefficient (Wildman–Crippen LogP) is 3.85. The van der Waals surface area contributed by atoms with Crippen LogP contribution in [0.25, 0.3) is 5.57 Å². The van der Waals surface area contributed by atoms with Gasteiger partial charge in [-0.05, 0) is 47.6 Å². The van der Waals surface area contributed by atoms with Gasteiger partial charge in [-0.2, -0.15) is 4.31 Å². The van der Waals surface area contributed by atoms with Gasteiger partial charge in [0.05, 0.1) is 6.26 Å². The normalized spacial score (nSPS) is 18.4. The van der Waals surface area contributed by atoms with Gasteiger partial charge in [0.15, 0.2) is 0 Å². The molecule has 0 bridgehead atoms. The first-order chi connectivity index (χ1) is 11.5. The van der Waals surface area contributed by atoms with E-state index in [0.717, 1.165) is 18.4 Å². The van der Waals surface area contributed by atoms with Crippen molar-refractivity contribution in [1.29, 1.82) is 0 Å². The number of hydrogen-bond acceptors (Lipinski definition) is 2. The summed E-state index contributed by atoms with van der Waals surface area (Å²) in [4.78, 5) is 0. The molecule has 0 unspecified atom stereocenters. The fraction of sp³-hybridized carbons (Fsp3) is 0.300. The second-order valence-electron chi connectivity index (χ2n) is 6.36. The SMILES string of the molecule is Cc1ccccc1/C(=C1/CCCN(S(C)(=O)=O)C1)c1ccccc1. The zero-order chi connectivity index (χ0) is 17.2. The number of rotatable bonds is 3. The Balaban J connectivity index is 2.16. The van der Waals surface area contributed by atoms with E-state index in [4.69, 9.17) is 0 Å². The van der Waals surface area contributed by atoms with Gasteiger partial charge in [-0.3, -0.25) is 0 Å². The molecule has 1 aliphatic heterocycles. The molecule has 0 aromatic heterocycles. The first kappa shape index (κ1) is 16.9. The number of hydrogen-bond donors (Lipinski definition) is 0. The molecular formula is C20H23NO2S. The van der Waals surface area contributed by atoms with Gasteiger partial charge in [0.2, 0.25) is 10.0 Å². The van der Waals surface area contributed by atoms with Gasteiger partial charge in [0.25, 0.3) is 0 Å². The Morgan fingerprint density at radius 3 is 2.33 bits per heavy atom. The van der Waals surface area contributed by atoms with Crippen molar-refractivity contribution in [3.8, 4) is 0 Å². The summed E-state index contributed by atoms with van der Waals surface area (Å²) in [6, 6.07) is 18.6. The average molecular weight is 341 g/mol. The molecule has 1 saturated heterocycles. The zero-order valence-electron chi connectivity index (χ0n) is 14.2. The molecule has 0 saturated carbocycles. The van der Waals surface area contributed by atoms with Crippen molar-refractivity contribution in [2.24, 2.45) is 0 Å². The lowest BCUT2D eigenvalue weighted by Crippen LogP contribution is -2.36. The summed E-state index contributed by atoms with van der Waals surface area (Å²) in [5.41, 5.74) is 5.93. The molecule has 126 valence electrons. The van der Waals surface area contributed by atoms with Crippen LogP contribution in [-0.2, 0) is 10.0 Å². The number of nitrogens with zero attached hydrogens (tertiary/aromatic N) is 1. The molecule has 0 spiro atoms. The maximum atomic E-state index is 12.0. The van der Waals surface area contributed by atoms with E-state index >= 15 is 0 Å². The minimum absolute atomic E-state index is 0.484. The fourth-order valence-electron chi connectivity index (χ4n) is 3.34. The fourth-order valence-corrected chi connectivity index (χ4v) is 4.19. The van der Waals surface area contributed by atoms with Crippen LogP contribution in [-0.4, -0.2) is 32.1 Å². The first-order valence-corrected chi connectivity index (χ1v) is 10.1. The number of aryl methyl sites for hydroxylation is 1. The molecule has 0 aliphatic carbocycles. The Morgan fingerprint density at radius 2 is 1.67 bits per heavy atom. The van der Waals surface area contributed by atoms with E-state index in [1.807, 2.05) is 30.3 Å². The Labute approximate surface area is 144 Å². The van der Waals surface area contributed by atoms with Crippen LogP contribution in [0.15, 0.2) is 60.2 Å². The molecule has 2 aromatic carbocycles. The summed E-state index contributed by atoms with van der Waals surface area (Å²) in [7, 11) is -3.17. The van der Waals surface area contributed by atoms with E-state index in [9.17, 15) is 8.42 Å². The molecular weight excluding hydrogens is 318 g/mol. The Bertz CT molecular complexity index is 854. The molecule has 1 aliphatic rings. The third-order valence-electron chi connectivity index (χ3n) is 4.55. The van der Waals surface area contributed by atoms with E-state index < -0.39 is 10.0 Å². The van der Waals surface area contributed by atoms with Crippen LogP contribution in [0.1, 0.15) is 29.5 Å². The lowest BCUT2D eigenvalue weighted by molar-refractivity contribution is 0.399. The predicted molar refractivity (Wildman–Crippen MR) is 99.3 cm³/mol. The van der Waals surface area contributed by atoms with Crippen molar-refractivity contribution in [1.82, 2.24) is 4.31 Å². The topological polar surface area (TPSA) is 37.4 Å². The van der Waals surface area contributed by atoms with E-state index in [-0.39, 0.29) is 0 Å². The molecule has 0 radical (unpaired) electrons. The number of benzene rings is 2. The highest BCUT2D eigenvalue weighted by Crippen LogP contribution is 2.33. The summed E-state index contributed by atoms with van der Waals surface area (Å²) in [5.74, 6) is 0. The smallest absolute Gasteiger partial charge is 0.211 e. The van der Waals surface area contributed by atoms with E-state index in [1.54, 1.807) is 4.31 Å². The Morgan fingerprint density at radius 1 is 1.00 bits per heavy atom. The molecule has 0 atom stereocenters. The molecule has 2 aromatic rings. The summed E-state index contributed by atoms with van der Waals surface area (Å²) >= 11 is 0. The number of sulfonamides is 1. The van der Waals surface area contributed by atoms with Gasteiger partial charge in [-0.25, -0.2) is 8.42 Å². The lowest BCUT2D eigenvalue weighted by atomic mass is 9.87. The van der Waals surface area contributed by atoms with Gasteiger partial charge >= 0.3 is 0 Å². The van der Waals surface area contributed by atoms with Gasteiger partial charge in [0.1, 0.15) is 0 Å². The number of piperidine rings is 1. The molecule has 0 amide bonds. The monoisotopic (exact) mass is 341 g/mol. The van der Waals surface area contributed by atoms with Crippen molar-refractivity contribution >= 4 is 15.6 Å². The highest BCUT2D eigenvalue weighted by molar-refractivity contribution is 7.88. The highest BCUT2D eigenvalue weighted by Gasteiger charge is 2.25. The van der Waals surface area contributed by atoms with Crippen LogP contribution in [0, 0.1) is 6.92 Å². The third-order valence-corrected chi connectivity index (χ3v) is 5.80. The third kappa shape index (κ3) is 3.60. The largest absolute Gasteiger partial charge is 0.212 e. The van der Waals surface area contributed by atoms with Crippen molar-refractivity contribution in [2.45, 2.75) is 19.8 Å². The minimum Gasteiger partial charge on any atom is -0.212 e. The minimum atomic E-state index is -3.17. The summed E-state index contributed by atoms with van der Waals surface area (Å²) in [6.07, 6.45) is 3.10. The molecule has 24 heavy (non-hydrogen) atoms. The second kappa shape index (κ2) is 6.91. The molecule has 3 nitrogen and oxygen atoms in total. The van der Waals surface area contributed by atoms with Gasteiger partial charge in [-0.15, -0.1) is 0 Å². The maximum absolute atomic E-state index is 12.0. The average Bonchev–Trinajstić information content (AvgIpc) is 2.57. The quantitative estimate of drug-likeness (QED) is 0.850. The van der Waals surface area contributed by atoms with Crippen LogP contribution in [0.2, 0.25) is 0 Å². The standard InChI is InChI=1S/C20H23NO2S/c1-16-9-6-7-13-19(16)20(17-10-4-3-5-11-17)18-12-8-14-21(15-18)24(2,22)23/h3-7,9-11,13H,8,12,14-15H2,1-2H3/b20-18-. The van der Waals surface area contributed by atoms with E-state index in [0.29, 0.717) is 13.1 Å².